The van der Waals surface area contributed by atoms with E-state index >= 15 is 0 Å². The molecule has 6 rings (SSSR count). The van der Waals surface area contributed by atoms with E-state index in [2.05, 4.69) is 10.6 Å². The minimum Gasteiger partial charge on any atom is -0.391 e. The summed E-state index contributed by atoms with van der Waals surface area (Å²) in [5.74, 6) is 0.00746. The molecule has 35 heavy (non-hydrogen) atoms. The first-order valence-electron chi connectivity index (χ1n) is 13.2. The van der Waals surface area contributed by atoms with Crippen LogP contribution in [-0.4, -0.2) is 77.4 Å². The molecule has 5 saturated carbocycles. The number of nitrogens with one attached hydrogen (secondary N) is 2. The molecule has 2 bridgehead atoms. The zero-order valence-electron chi connectivity index (χ0n) is 20.2. The highest BCUT2D eigenvalue weighted by atomic mass is 35.5. The van der Waals surface area contributed by atoms with Crippen LogP contribution in [0.4, 0.5) is 4.39 Å². The molecular formula is C25H38ClFN2O6. The number of alkyl halides is 2. The number of aliphatic hydroxyl groups is 1. The molecule has 8 nitrogen and oxygen atoms in total. The lowest BCUT2D eigenvalue weighted by molar-refractivity contribution is -0.139. The predicted octanol–water partition coefficient (Wildman–Crippen LogP) is 2.48. The van der Waals surface area contributed by atoms with E-state index in [1.165, 1.54) is 0 Å². The Bertz CT molecular complexity index is 794. The first kappa shape index (κ1) is 25.6. The monoisotopic (exact) mass is 516 g/mol. The molecule has 6 aliphatic rings. The highest BCUT2D eigenvalue weighted by molar-refractivity contribution is 6.21. The average molecular weight is 517 g/mol. The average Bonchev–Trinajstić information content (AvgIpc) is 3.29. The number of fused-ring (bicyclic) bond motifs is 4. The lowest BCUT2D eigenvalue weighted by Gasteiger charge is -2.56. The summed E-state index contributed by atoms with van der Waals surface area (Å²) in [6.07, 6.45) is 5.73. The molecule has 2 amide bonds. The fourth-order valence-electron chi connectivity index (χ4n) is 6.92. The van der Waals surface area contributed by atoms with Gasteiger partial charge in [0.25, 0.3) is 0 Å². The molecule has 198 valence electrons. The smallest absolute Gasteiger partial charge is 0.246 e. The van der Waals surface area contributed by atoms with Crippen molar-refractivity contribution in [1.82, 2.24) is 10.6 Å². The second kappa shape index (κ2) is 10.4. The van der Waals surface area contributed by atoms with Crippen LogP contribution < -0.4 is 10.6 Å². The highest BCUT2D eigenvalue weighted by Gasteiger charge is 2.55. The first-order chi connectivity index (χ1) is 16.8. The molecule has 0 aromatic heterocycles. The largest absolute Gasteiger partial charge is 0.391 e. The summed E-state index contributed by atoms with van der Waals surface area (Å²) in [4.78, 5) is 25.5. The lowest BCUT2D eigenvalue weighted by Crippen LogP contribution is -2.70. The third-order valence-electron chi connectivity index (χ3n) is 9.09. The summed E-state index contributed by atoms with van der Waals surface area (Å²) in [6, 6.07) is 0. The van der Waals surface area contributed by atoms with E-state index in [0.717, 1.165) is 19.3 Å². The summed E-state index contributed by atoms with van der Waals surface area (Å²) in [5.41, 5.74) is -1.11. The Hall–Kier alpha value is -1.00. The number of hydrogen-bond acceptors (Lipinski definition) is 6. The fraction of sp³-hybridized carbons (Fsp3) is 0.920. The van der Waals surface area contributed by atoms with E-state index in [0.29, 0.717) is 58.2 Å². The molecule has 7 unspecified atom stereocenters. The van der Waals surface area contributed by atoms with Gasteiger partial charge in [0.15, 0.2) is 0 Å². The van der Waals surface area contributed by atoms with Crippen molar-refractivity contribution in [3.63, 3.8) is 0 Å². The summed E-state index contributed by atoms with van der Waals surface area (Å²) >= 11 is 5.92. The molecule has 0 aromatic rings. The van der Waals surface area contributed by atoms with Crippen LogP contribution in [0.5, 0.6) is 0 Å². The van der Waals surface area contributed by atoms with Gasteiger partial charge in [0.05, 0.1) is 35.3 Å². The number of aliphatic hydroxyl groups excluding tert-OH is 1. The summed E-state index contributed by atoms with van der Waals surface area (Å²) in [6.45, 7) is 0.225. The fourth-order valence-corrected chi connectivity index (χ4v) is 7.15. The number of amides is 2. The molecule has 1 heterocycles. The SMILES string of the molecule is O=C(COC1CCC(Cl)C(F)C1)NC12CCC(NC(=O)CC3CCC4OCOC4C3)(CC1)C(O)C2. The van der Waals surface area contributed by atoms with Crippen LogP contribution in [0.2, 0.25) is 0 Å². The van der Waals surface area contributed by atoms with Gasteiger partial charge < -0.3 is 30.0 Å². The molecule has 6 fully saturated rings. The number of hydrogen-bond donors (Lipinski definition) is 3. The number of halogens is 2. The molecule has 1 aliphatic heterocycles. The third kappa shape index (κ3) is 5.64. The van der Waals surface area contributed by atoms with Gasteiger partial charge in [-0.15, -0.1) is 11.6 Å². The molecule has 7 atom stereocenters. The number of ether oxygens (including phenoxy) is 3. The summed E-state index contributed by atoms with van der Waals surface area (Å²) in [5, 5.41) is 16.8. The van der Waals surface area contributed by atoms with Crippen LogP contribution in [0.15, 0.2) is 0 Å². The van der Waals surface area contributed by atoms with Gasteiger partial charge in [0.2, 0.25) is 11.8 Å². The Morgan fingerprint density at radius 1 is 1.00 bits per heavy atom. The minimum absolute atomic E-state index is 0.0175. The topological polar surface area (TPSA) is 106 Å². The van der Waals surface area contributed by atoms with Gasteiger partial charge in [-0.3, -0.25) is 9.59 Å². The van der Waals surface area contributed by atoms with Crippen LogP contribution in [-0.2, 0) is 23.8 Å². The molecule has 1 saturated heterocycles. The molecular weight excluding hydrogens is 479 g/mol. The molecule has 0 spiro atoms. The minimum atomic E-state index is -1.10. The maximum absolute atomic E-state index is 13.8. The van der Waals surface area contributed by atoms with E-state index in [9.17, 15) is 19.1 Å². The van der Waals surface area contributed by atoms with Crippen LogP contribution >= 0.6 is 11.6 Å². The van der Waals surface area contributed by atoms with E-state index in [1.54, 1.807) is 0 Å². The third-order valence-corrected chi connectivity index (χ3v) is 9.58. The second-order valence-electron chi connectivity index (χ2n) is 11.4. The first-order valence-corrected chi connectivity index (χ1v) is 13.6. The van der Waals surface area contributed by atoms with Gasteiger partial charge in [-0.2, -0.15) is 0 Å². The number of carbonyl (C=O) groups is 2. The number of rotatable bonds is 7. The second-order valence-corrected chi connectivity index (χ2v) is 12.0. The normalized spacial score (nSPS) is 45.1. The molecule has 5 aliphatic carbocycles. The van der Waals surface area contributed by atoms with Gasteiger partial charge in [-0.05, 0) is 70.1 Å². The maximum atomic E-state index is 13.8. The van der Waals surface area contributed by atoms with E-state index in [4.69, 9.17) is 25.8 Å². The Kier molecular flexibility index (Phi) is 7.62. The molecule has 0 aromatic carbocycles. The summed E-state index contributed by atoms with van der Waals surface area (Å²) in [7, 11) is 0. The van der Waals surface area contributed by atoms with Gasteiger partial charge >= 0.3 is 0 Å². The van der Waals surface area contributed by atoms with Crippen LogP contribution in [0.25, 0.3) is 0 Å². The highest BCUT2D eigenvalue weighted by Crippen LogP contribution is 2.47. The Morgan fingerprint density at radius 2 is 1.77 bits per heavy atom. The molecule has 0 radical (unpaired) electrons. The van der Waals surface area contributed by atoms with Crippen LogP contribution in [0.3, 0.4) is 0 Å². The Labute approximate surface area is 210 Å². The molecule has 10 heteroatoms. The maximum Gasteiger partial charge on any atom is 0.246 e. The zero-order valence-corrected chi connectivity index (χ0v) is 20.9. The van der Waals surface area contributed by atoms with Gasteiger partial charge in [0.1, 0.15) is 19.6 Å². The van der Waals surface area contributed by atoms with Gasteiger partial charge in [-0.1, -0.05) is 0 Å². The lowest BCUT2D eigenvalue weighted by atomic mass is 9.59. The Balaban J connectivity index is 1.07. The zero-order chi connectivity index (χ0) is 24.6. The van der Waals surface area contributed by atoms with Crippen molar-refractivity contribution in [2.45, 2.75) is 124 Å². The van der Waals surface area contributed by atoms with E-state index in [-0.39, 0.29) is 49.1 Å². The Morgan fingerprint density at radius 3 is 2.51 bits per heavy atom. The van der Waals surface area contributed by atoms with Crippen molar-refractivity contribution in [1.29, 1.82) is 0 Å². The van der Waals surface area contributed by atoms with Crippen molar-refractivity contribution < 1.29 is 33.3 Å². The van der Waals surface area contributed by atoms with Crippen LogP contribution in [0, 0.1) is 5.92 Å². The van der Waals surface area contributed by atoms with Crippen molar-refractivity contribution in [3.05, 3.63) is 0 Å². The van der Waals surface area contributed by atoms with Gasteiger partial charge in [0, 0.05) is 18.4 Å². The van der Waals surface area contributed by atoms with Crippen molar-refractivity contribution in [2.75, 3.05) is 13.4 Å². The van der Waals surface area contributed by atoms with E-state index < -0.39 is 28.7 Å². The molecule has 3 N–H and O–H groups in total. The van der Waals surface area contributed by atoms with Crippen molar-refractivity contribution in [2.24, 2.45) is 5.92 Å². The van der Waals surface area contributed by atoms with Crippen LogP contribution in [0.1, 0.15) is 77.0 Å². The van der Waals surface area contributed by atoms with Crippen molar-refractivity contribution >= 4 is 23.4 Å². The standard InChI is InChI=1S/C25H38ClFN2O6/c26-17-3-2-16(11-18(17)27)33-13-23(32)28-24-5-7-25(8-6-24,21(30)12-24)29-22(31)10-15-1-4-19-20(9-15)35-14-34-19/h15-21,30H,1-14H2,(H,28,32)(H,29,31). The van der Waals surface area contributed by atoms with E-state index in [1.807, 2.05) is 0 Å². The summed E-state index contributed by atoms with van der Waals surface area (Å²) < 4.78 is 30.7. The predicted molar refractivity (Wildman–Crippen MR) is 126 cm³/mol. The van der Waals surface area contributed by atoms with Gasteiger partial charge in [-0.25, -0.2) is 4.39 Å². The number of carbonyl (C=O) groups excluding carboxylic acids is 2. The van der Waals surface area contributed by atoms with Crippen molar-refractivity contribution in [3.8, 4) is 0 Å². The quantitative estimate of drug-likeness (QED) is 0.449.